The van der Waals surface area contributed by atoms with Gasteiger partial charge in [0.2, 0.25) is 0 Å². The van der Waals surface area contributed by atoms with Crippen LogP contribution in [0.5, 0.6) is 0 Å². The second kappa shape index (κ2) is 9.79. The zero-order chi connectivity index (χ0) is 31.1. The average Bonchev–Trinajstić information content (AvgIpc) is 3.44. The highest BCUT2D eigenvalue weighted by Crippen LogP contribution is 2.54. The van der Waals surface area contributed by atoms with Gasteiger partial charge in [0.1, 0.15) is 0 Å². The summed E-state index contributed by atoms with van der Waals surface area (Å²) in [6, 6.07) is 26.1. The number of pyridine rings is 1. The number of aromatic nitrogens is 1. The normalized spacial score (nSPS) is 16.8. The van der Waals surface area contributed by atoms with Crippen LogP contribution in [-0.4, -0.2) is 4.98 Å². The Hall–Kier alpha value is -4.43. The lowest BCUT2D eigenvalue weighted by Crippen LogP contribution is -2.13. The third kappa shape index (κ3) is 4.51. The van der Waals surface area contributed by atoms with Crippen molar-refractivity contribution >= 4 is 38.5 Å². The van der Waals surface area contributed by atoms with Crippen LogP contribution in [0.15, 0.2) is 98.1 Å². The first-order valence-corrected chi connectivity index (χ1v) is 15.8. The van der Waals surface area contributed by atoms with Crippen molar-refractivity contribution in [2.45, 2.75) is 70.6 Å². The van der Waals surface area contributed by atoms with E-state index in [1.807, 2.05) is 12.1 Å². The summed E-state index contributed by atoms with van der Waals surface area (Å²) in [5.41, 5.74) is 22.3. The molecule has 2 heteroatoms. The fourth-order valence-electron chi connectivity index (χ4n) is 7.42. The summed E-state index contributed by atoms with van der Waals surface area (Å²) in [5, 5.41) is 3.32. The molecule has 220 valence electrons. The van der Waals surface area contributed by atoms with E-state index in [0.29, 0.717) is 0 Å². The molecule has 1 heterocycles. The quantitative estimate of drug-likeness (QED) is 0.162. The molecule has 2 aliphatic carbocycles. The van der Waals surface area contributed by atoms with Gasteiger partial charge in [-0.2, -0.15) is 0 Å². The minimum absolute atomic E-state index is 0.0587. The van der Waals surface area contributed by atoms with E-state index in [-0.39, 0.29) is 16.7 Å². The van der Waals surface area contributed by atoms with Gasteiger partial charge in [0.25, 0.3) is 0 Å². The Morgan fingerprint density at radius 3 is 2.34 bits per heavy atom. The van der Waals surface area contributed by atoms with Crippen molar-refractivity contribution in [3.05, 3.63) is 143 Å². The molecular weight excluding hydrogens is 532 g/mol. The largest absolute Gasteiger partial charge is 0.398 e. The molecule has 44 heavy (non-hydrogen) atoms. The van der Waals surface area contributed by atoms with Gasteiger partial charge in [-0.1, -0.05) is 108 Å². The molecule has 0 saturated heterocycles. The predicted octanol–water partition coefficient (Wildman–Crippen LogP) is 10.5. The second-order valence-electron chi connectivity index (χ2n) is 14.5. The van der Waals surface area contributed by atoms with E-state index in [1.54, 1.807) is 5.56 Å². The first-order valence-electron chi connectivity index (χ1n) is 15.8. The number of aryl methyl sites for hydroxylation is 1. The minimum atomic E-state index is -0.0587. The van der Waals surface area contributed by atoms with Crippen molar-refractivity contribution in [1.29, 1.82) is 0 Å². The molecule has 0 aliphatic heterocycles. The summed E-state index contributed by atoms with van der Waals surface area (Å²) in [4.78, 5) is 5.29. The lowest BCUT2D eigenvalue weighted by molar-refractivity contribution is 0.581. The van der Waals surface area contributed by atoms with Gasteiger partial charge in [0.15, 0.2) is 0 Å². The number of para-hydroxylation sites is 1. The Morgan fingerprint density at radius 1 is 0.886 bits per heavy atom. The highest BCUT2D eigenvalue weighted by atomic mass is 14.7. The number of benzene rings is 4. The Bertz CT molecular complexity index is 2060. The van der Waals surface area contributed by atoms with Crippen LogP contribution < -0.4 is 5.73 Å². The van der Waals surface area contributed by atoms with Gasteiger partial charge in [-0.3, -0.25) is 4.98 Å². The van der Waals surface area contributed by atoms with E-state index in [4.69, 9.17) is 10.7 Å². The molecule has 0 bridgehead atoms. The average molecular weight is 575 g/mol. The SMILES string of the molecule is C=C(CCc1cc(C(C)(C)C)c2c(c1)C2(C)C)Cc1cccc2ccc(C3C(=C)c4cc5cccc(N)c5cc4C3=C)nc12. The van der Waals surface area contributed by atoms with Crippen LogP contribution in [0.25, 0.3) is 32.8 Å². The van der Waals surface area contributed by atoms with Crippen LogP contribution in [0.3, 0.4) is 0 Å². The molecule has 7 rings (SSSR count). The number of anilines is 1. The van der Waals surface area contributed by atoms with Crippen molar-refractivity contribution in [2.24, 2.45) is 0 Å². The Labute approximate surface area is 262 Å². The van der Waals surface area contributed by atoms with Crippen molar-refractivity contribution in [2.75, 3.05) is 5.73 Å². The molecule has 0 spiro atoms. The van der Waals surface area contributed by atoms with Crippen molar-refractivity contribution in [1.82, 2.24) is 4.98 Å². The number of fused-ring (bicyclic) bond motifs is 4. The summed E-state index contributed by atoms with van der Waals surface area (Å²) in [6.07, 6.45) is 2.78. The molecule has 1 unspecified atom stereocenters. The van der Waals surface area contributed by atoms with Crippen LogP contribution in [0.2, 0.25) is 0 Å². The molecule has 5 aromatic rings. The topological polar surface area (TPSA) is 38.9 Å². The summed E-state index contributed by atoms with van der Waals surface area (Å²) < 4.78 is 0. The first kappa shape index (κ1) is 28.3. The standard InChI is InChI=1S/C42H42N2/c1-24(15-16-27-20-34(41(4,5)6)39-35(21-27)42(39,7)8)19-30-13-9-11-28-17-18-37(44-40(28)30)38-25(2)31-22-29-12-10-14-36(43)33(29)23-32(31)26(38)3/h9-14,17-18,20-23,38H,1-3,15-16,19,43H2,4-8H3. The molecule has 0 radical (unpaired) electrons. The zero-order valence-electron chi connectivity index (χ0n) is 26.8. The predicted molar refractivity (Wildman–Crippen MR) is 189 cm³/mol. The monoisotopic (exact) mass is 574 g/mol. The van der Waals surface area contributed by atoms with Crippen LogP contribution in [-0.2, 0) is 23.7 Å². The van der Waals surface area contributed by atoms with Gasteiger partial charge in [-0.15, -0.1) is 0 Å². The van der Waals surface area contributed by atoms with Crippen molar-refractivity contribution in [3.63, 3.8) is 0 Å². The van der Waals surface area contributed by atoms with Gasteiger partial charge in [-0.05, 0) is 104 Å². The summed E-state index contributed by atoms with van der Waals surface area (Å²) >= 11 is 0. The third-order valence-electron chi connectivity index (χ3n) is 10.0. The van der Waals surface area contributed by atoms with Crippen LogP contribution >= 0.6 is 0 Å². The lowest BCUT2D eigenvalue weighted by atomic mass is 9.84. The highest BCUT2D eigenvalue weighted by molar-refractivity contribution is 6.05. The van der Waals surface area contributed by atoms with Crippen molar-refractivity contribution in [3.8, 4) is 0 Å². The second-order valence-corrected chi connectivity index (χ2v) is 14.5. The van der Waals surface area contributed by atoms with E-state index >= 15 is 0 Å². The molecule has 2 nitrogen and oxygen atoms in total. The third-order valence-corrected chi connectivity index (χ3v) is 10.0. The van der Waals surface area contributed by atoms with Gasteiger partial charge in [-0.25, -0.2) is 0 Å². The number of nitrogen functional groups attached to an aromatic ring is 1. The fourth-order valence-corrected chi connectivity index (χ4v) is 7.42. The number of hydrogen-bond acceptors (Lipinski definition) is 2. The van der Waals surface area contributed by atoms with Crippen LogP contribution in [0.1, 0.15) is 91.6 Å². The molecule has 0 amide bonds. The molecule has 0 saturated carbocycles. The Kier molecular flexibility index (Phi) is 6.31. The number of rotatable bonds is 6. The molecule has 0 fully saturated rings. The van der Waals surface area contributed by atoms with E-state index in [2.05, 4.69) is 115 Å². The van der Waals surface area contributed by atoms with Crippen molar-refractivity contribution < 1.29 is 0 Å². The van der Waals surface area contributed by atoms with E-state index < -0.39 is 0 Å². The highest BCUT2D eigenvalue weighted by Gasteiger charge is 2.45. The molecule has 1 aromatic heterocycles. The van der Waals surface area contributed by atoms with E-state index in [9.17, 15) is 0 Å². The van der Waals surface area contributed by atoms with Gasteiger partial charge in [0.05, 0.1) is 17.1 Å². The number of nitrogens with zero attached hydrogens (tertiary/aromatic N) is 1. The maximum atomic E-state index is 6.32. The van der Waals surface area contributed by atoms with Gasteiger partial charge in [0, 0.05) is 21.9 Å². The number of allylic oxidation sites excluding steroid dienone is 3. The molecule has 2 N–H and O–H groups in total. The maximum absolute atomic E-state index is 6.32. The Morgan fingerprint density at radius 2 is 1.59 bits per heavy atom. The van der Waals surface area contributed by atoms with E-state index in [1.165, 1.54) is 27.8 Å². The summed E-state index contributed by atoms with van der Waals surface area (Å²) in [6.45, 7) is 25.3. The maximum Gasteiger partial charge on any atom is 0.0740 e. The van der Waals surface area contributed by atoms with E-state index in [0.717, 1.165) is 74.6 Å². The Balaban J connectivity index is 1.14. The molecular formula is C42H42N2. The number of hydrogen-bond donors (Lipinski definition) is 1. The lowest BCUT2D eigenvalue weighted by Gasteiger charge is -2.21. The number of nitrogens with two attached hydrogens (primary N) is 1. The summed E-state index contributed by atoms with van der Waals surface area (Å²) in [5.74, 6) is -0.0587. The van der Waals surface area contributed by atoms with Crippen LogP contribution in [0.4, 0.5) is 5.69 Å². The molecule has 1 atom stereocenters. The molecule has 2 aliphatic rings. The van der Waals surface area contributed by atoms with Crippen LogP contribution in [0, 0.1) is 0 Å². The smallest absolute Gasteiger partial charge is 0.0740 e. The fraction of sp³-hybridized carbons (Fsp3) is 0.262. The summed E-state index contributed by atoms with van der Waals surface area (Å²) in [7, 11) is 0. The zero-order valence-corrected chi connectivity index (χ0v) is 26.8. The van der Waals surface area contributed by atoms with Gasteiger partial charge < -0.3 is 5.73 Å². The van der Waals surface area contributed by atoms with Gasteiger partial charge >= 0.3 is 0 Å². The first-order chi connectivity index (χ1) is 20.8. The minimum Gasteiger partial charge on any atom is -0.398 e. The molecule has 4 aromatic carbocycles.